The highest BCUT2D eigenvalue weighted by Crippen LogP contribution is 2.10. The maximum Gasteiger partial charge on any atom is 0.0902 e. The molecule has 162 valence electrons. The van der Waals surface area contributed by atoms with Gasteiger partial charge in [-0.05, 0) is 59.3 Å². The fraction of sp³-hybridized carbons (Fsp3) is 0. The highest BCUT2D eigenvalue weighted by molar-refractivity contribution is 5.79. The van der Waals surface area contributed by atoms with Gasteiger partial charge in [0.25, 0.3) is 0 Å². The van der Waals surface area contributed by atoms with Crippen molar-refractivity contribution in [3.63, 3.8) is 0 Å². The largest absolute Gasteiger partial charge is 0.473 e. The van der Waals surface area contributed by atoms with Gasteiger partial charge in [-0.25, -0.2) is 0 Å². The summed E-state index contributed by atoms with van der Waals surface area (Å²) in [6.07, 6.45) is 8.96. The van der Waals surface area contributed by atoms with Gasteiger partial charge in [0.15, 0.2) is 0 Å². The second kappa shape index (κ2) is 11.7. The molecule has 0 saturated heterocycles. The van der Waals surface area contributed by atoms with Crippen LogP contribution in [0.2, 0.25) is 0 Å². The Morgan fingerprint density at radius 1 is 0.485 bits per heavy atom. The SMILES string of the molecule is c1ccc2[nH]ccc2c1.c1ccc2[nH]ccc2c1.c1ccc2ncccc2c1.c1ccoc1. The average molecular weight is 432 g/mol. The number of hydrogen-bond donors (Lipinski definition) is 2. The third kappa shape index (κ3) is 6.45. The molecule has 0 radical (unpaired) electrons. The molecule has 33 heavy (non-hydrogen) atoms. The molecule has 0 amide bonds. The third-order valence-corrected chi connectivity index (χ3v) is 4.86. The van der Waals surface area contributed by atoms with Gasteiger partial charge < -0.3 is 14.4 Å². The maximum atomic E-state index is 4.58. The molecular formula is C29H25N3O. The van der Waals surface area contributed by atoms with Crippen LogP contribution in [0.5, 0.6) is 0 Å². The first-order valence-electron chi connectivity index (χ1n) is 10.7. The minimum absolute atomic E-state index is 1.06. The van der Waals surface area contributed by atoms with E-state index in [1.165, 1.54) is 27.2 Å². The molecule has 0 atom stereocenters. The summed E-state index contributed by atoms with van der Waals surface area (Å²) < 4.78 is 4.58. The Balaban J connectivity index is 0.000000107. The summed E-state index contributed by atoms with van der Waals surface area (Å²) in [6.45, 7) is 0. The molecule has 3 aromatic carbocycles. The van der Waals surface area contributed by atoms with Gasteiger partial charge >= 0.3 is 0 Å². The van der Waals surface area contributed by atoms with Crippen molar-refractivity contribution in [1.29, 1.82) is 0 Å². The maximum absolute atomic E-state index is 4.58. The number of aromatic nitrogens is 3. The smallest absolute Gasteiger partial charge is 0.0902 e. The van der Waals surface area contributed by atoms with Gasteiger partial charge in [-0.1, -0.05) is 60.7 Å². The first-order chi connectivity index (χ1) is 16.4. The second-order valence-electron chi connectivity index (χ2n) is 7.12. The minimum Gasteiger partial charge on any atom is -0.473 e. The van der Waals surface area contributed by atoms with Gasteiger partial charge in [-0.3, -0.25) is 4.98 Å². The van der Waals surface area contributed by atoms with E-state index in [4.69, 9.17) is 0 Å². The van der Waals surface area contributed by atoms with Crippen LogP contribution in [-0.2, 0) is 0 Å². The number of nitrogens with one attached hydrogen (secondary N) is 2. The van der Waals surface area contributed by atoms with Gasteiger partial charge in [0.05, 0.1) is 18.0 Å². The second-order valence-corrected chi connectivity index (χ2v) is 7.12. The lowest BCUT2D eigenvalue weighted by Crippen LogP contribution is -1.73. The minimum atomic E-state index is 1.06. The van der Waals surface area contributed by atoms with Gasteiger partial charge in [0.1, 0.15) is 0 Å². The summed E-state index contributed by atoms with van der Waals surface area (Å²) in [5.41, 5.74) is 3.47. The van der Waals surface area contributed by atoms with E-state index in [9.17, 15) is 0 Å². The zero-order chi connectivity index (χ0) is 22.6. The van der Waals surface area contributed by atoms with Crippen LogP contribution >= 0.6 is 0 Å². The lowest BCUT2D eigenvalue weighted by atomic mass is 10.2. The van der Waals surface area contributed by atoms with Gasteiger partial charge in [-0.15, -0.1) is 0 Å². The molecule has 0 saturated carbocycles. The molecule has 0 fully saturated rings. The summed E-state index contributed by atoms with van der Waals surface area (Å²) in [5, 5.41) is 3.75. The molecule has 4 aromatic heterocycles. The van der Waals surface area contributed by atoms with E-state index >= 15 is 0 Å². The quantitative estimate of drug-likeness (QED) is 0.257. The Morgan fingerprint density at radius 2 is 1.00 bits per heavy atom. The summed E-state index contributed by atoms with van der Waals surface area (Å²) in [7, 11) is 0. The Hall–Kier alpha value is -4.57. The monoisotopic (exact) mass is 431 g/mol. The van der Waals surface area contributed by atoms with Crippen LogP contribution in [-0.4, -0.2) is 15.0 Å². The number of furan rings is 1. The number of aromatic amines is 2. The van der Waals surface area contributed by atoms with Crippen LogP contribution in [0, 0.1) is 0 Å². The molecule has 0 aliphatic rings. The zero-order valence-electron chi connectivity index (χ0n) is 18.1. The van der Waals surface area contributed by atoms with Crippen molar-refractivity contribution in [3.8, 4) is 0 Å². The topological polar surface area (TPSA) is 57.6 Å². The number of rotatable bonds is 0. The lowest BCUT2D eigenvalue weighted by molar-refractivity contribution is 0.567. The summed E-state index contributed by atoms with van der Waals surface area (Å²) in [6, 6.07) is 36.3. The van der Waals surface area contributed by atoms with E-state index in [0.717, 1.165) is 5.52 Å². The molecule has 0 bridgehead atoms. The Kier molecular flexibility index (Phi) is 7.69. The third-order valence-electron chi connectivity index (χ3n) is 4.86. The molecule has 4 nitrogen and oxygen atoms in total. The molecular weight excluding hydrogens is 406 g/mol. The standard InChI is InChI=1S/C9H7N.2C8H7N.C4H4O/c1-2-6-9-8(4-1)5-3-7-10-9;2*1-2-4-8-7(3-1)5-6-9-8;1-2-4-5-3-1/h1-7H;2*1-6,9H;1-4H. The van der Waals surface area contributed by atoms with Gasteiger partial charge in [0.2, 0.25) is 0 Å². The number of pyridine rings is 1. The normalized spacial score (nSPS) is 9.82. The molecule has 0 aliphatic heterocycles. The van der Waals surface area contributed by atoms with Crippen LogP contribution in [0.4, 0.5) is 0 Å². The van der Waals surface area contributed by atoms with Crippen molar-refractivity contribution in [2.45, 2.75) is 0 Å². The summed E-state index contributed by atoms with van der Waals surface area (Å²) >= 11 is 0. The van der Waals surface area contributed by atoms with Crippen LogP contribution in [0.3, 0.4) is 0 Å². The van der Waals surface area contributed by atoms with Crippen LogP contribution in [0.15, 0.2) is 145 Å². The van der Waals surface area contributed by atoms with Crippen molar-refractivity contribution in [3.05, 3.63) is 140 Å². The predicted molar refractivity (Wildman–Crippen MR) is 137 cm³/mol. The molecule has 0 unspecified atom stereocenters. The van der Waals surface area contributed by atoms with Gasteiger partial charge in [0, 0.05) is 35.0 Å². The van der Waals surface area contributed by atoms with E-state index in [2.05, 4.69) is 67.9 Å². The van der Waals surface area contributed by atoms with E-state index in [-0.39, 0.29) is 0 Å². The highest BCUT2D eigenvalue weighted by Gasteiger charge is 1.88. The first-order valence-corrected chi connectivity index (χ1v) is 10.7. The first kappa shape index (κ1) is 21.7. The molecule has 2 N–H and O–H groups in total. The van der Waals surface area contributed by atoms with E-state index in [1.54, 1.807) is 12.5 Å². The van der Waals surface area contributed by atoms with Crippen LogP contribution in [0.1, 0.15) is 0 Å². The number of para-hydroxylation sites is 3. The van der Waals surface area contributed by atoms with E-state index < -0.39 is 0 Å². The zero-order valence-corrected chi connectivity index (χ0v) is 18.1. The van der Waals surface area contributed by atoms with Gasteiger partial charge in [-0.2, -0.15) is 0 Å². The molecule has 7 aromatic rings. The summed E-state index contributed by atoms with van der Waals surface area (Å²) in [5.74, 6) is 0. The summed E-state index contributed by atoms with van der Waals surface area (Å²) in [4.78, 5) is 10.4. The predicted octanol–water partition coefficient (Wildman–Crippen LogP) is 7.85. The van der Waals surface area contributed by atoms with Crippen molar-refractivity contribution >= 4 is 32.7 Å². The van der Waals surface area contributed by atoms with Crippen molar-refractivity contribution in [1.82, 2.24) is 15.0 Å². The molecule has 0 spiro atoms. The Bertz CT molecular complexity index is 1270. The van der Waals surface area contributed by atoms with Crippen molar-refractivity contribution < 1.29 is 4.42 Å². The number of fused-ring (bicyclic) bond motifs is 3. The fourth-order valence-corrected chi connectivity index (χ4v) is 3.23. The average Bonchev–Trinajstić information content (AvgIpc) is 3.68. The molecule has 7 rings (SSSR count). The number of hydrogen-bond acceptors (Lipinski definition) is 2. The van der Waals surface area contributed by atoms with Crippen molar-refractivity contribution in [2.24, 2.45) is 0 Å². The van der Waals surface area contributed by atoms with Crippen molar-refractivity contribution in [2.75, 3.05) is 0 Å². The lowest BCUT2D eigenvalue weighted by Gasteiger charge is -1.91. The highest BCUT2D eigenvalue weighted by atomic mass is 16.3. The molecule has 0 aliphatic carbocycles. The molecule has 4 heterocycles. The fourth-order valence-electron chi connectivity index (χ4n) is 3.23. The van der Waals surface area contributed by atoms with E-state index in [0.29, 0.717) is 0 Å². The molecule has 4 heteroatoms. The Morgan fingerprint density at radius 3 is 1.52 bits per heavy atom. The van der Waals surface area contributed by atoms with E-state index in [1.807, 2.05) is 79.3 Å². The number of benzene rings is 3. The number of H-pyrrole nitrogens is 2. The van der Waals surface area contributed by atoms with Crippen LogP contribution in [0.25, 0.3) is 32.7 Å². The van der Waals surface area contributed by atoms with Crippen LogP contribution < -0.4 is 0 Å². The number of nitrogens with zero attached hydrogens (tertiary/aromatic N) is 1. The Labute approximate surface area is 192 Å².